The highest BCUT2D eigenvalue weighted by Crippen LogP contribution is 2.37. The van der Waals surface area contributed by atoms with Gasteiger partial charge in [0.05, 0.1) is 11.7 Å². The van der Waals surface area contributed by atoms with E-state index in [-0.39, 0.29) is 5.54 Å². The third-order valence-corrected chi connectivity index (χ3v) is 4.21. The SMILES string of the molecule is CCc1nc(C2(NCc3cn[nH]c3C)CCCC2)no1. The molecule has 2 N–H and O–H groups in total. The number of rotatable bonds is 5. The van der Waals surface area contributed by atoms with Crippen molar-refractivity contribution in [3.63, 3.8) is 0 Å². The van der Waals surface area contributed by atoms with E-state index in [0.717, 1.165) is 37.3 Å². The molecule has 0 radical (unpaired) electrons. The van der Waals surface area contributed by atoms with Crippen LogP contribution < -0.4 is 5.32 Å². The second-order valence-electron chi connectivity index (χ2n) is 5.53. The Hall–Kier alpha value is -1.69. The summed E-state index contributed by atoms with van der Waals surface area (Å²) in [6, 6.07) is 0. The molecule has 108 valence electrons. The Morgan fingerprint density at radius 2 is 2.20 bits per heavy atom. The summed E-state index contributed by atoms with van der Waals surface area (Å²) in [5.41, 5.74) is 2.16. The first kappa shape index (κ1) is 13.3. The lowest BCUT2D eigenvalue weighted by molar-refractivity contribution is 0.296. The zero-order chi connectivity index (χ0) is 14.0. The lowest BCUT2D eigenvalue weighted by atomic mass is 9.96. The third kappa shape index (κ3) is 2.35. The van der Waals surface area contributed by atoms with Gasteiger partial charge in [0.25, 0.3) is 0 Å². The second-order valence-corrected chi connectivity index (χ2v) is 5.53. The number of hydrogen-bond donors (Lipinski definition) is 2. The fraction of sp³-hybridized carbons (Fsp3) is 0.643. The van der Waals surface area contributed by atoms with Crippen LogP contribution >= 0.6 is 0 Å². The van der Waals surface area contributed by atoms with Gasteiger partial charge in [-0.2, -0.15) is 10.1 Å². The Morgan fingerprint density at radius 3 is 2.80 bits per heavy atom. The number of nitrogens with one attached hydrogen (secondary N) is 2. The molecule has 2 heterocycles. The van der Waals surface area contributed by atoms with Gasteiger partial charge in [0.1, 0.15) is 0 Å². The van der Waals surface area contributed by atoms with E-state index in [1.165, 1.54) is 18.4 Å². The molecule has 2 aromatic rings. The number of nitrogens with zero attached hydrogens (tertiary/aromatic N) is 3. The number of aromatic amines is 1. The Labute approximate surface area is 118 Å². The first-order chi connectivity index (χ1) is 9.73. The van der Waals surface area contributed by atoms with Crippen molar-refractivity contribution in [2.45, 2.75) is 58.0 Å². The molecule has 0 saturated heterocycles. The molecule has 0 spiro atoms. The van der Waals surface area contributed by atoms with Crippen molar-refractivity contribution < 1.29 is 4.52 Å². The van der Waals surface area contributed by atoms with Gasteiger partial charge in [-0.25, -0.2) is 0 Å². The average Bonchev–Trinajstić information content (AvgIpc) is 3.17. The average molecular weight is 275 g/mol. The molecular formula is C14H21N5O. The molecule has 3 rings (SSSR count). The topological polar surface area (TPSA) is 79.6 Å². The molecule has 1 fully saturated rings. The van der Waals surface area contributed by atoms with Gasteiger partial charge in [0.2, 0.25) is 5.89 Å². The van der Waals surface area contributed by atoms with Crippen molar-refractivity contribution in [3.8, 4) is 0 Å². The fourth-order valence-electron chi connectivity index (χ4n) is 2.87. The molecule has 1 saturated carbocycles. The molecule has 6 heteroatoms. The summed E-state index contributed by atoms with van der Waals surface area (Å²) < 4.78 is 5.29. The van der Waals surface area contributed by atoms with Gasteiger partial charge in [0.15, 0.2) is 5.82 Å². The molecule has 1 aliphatic rings. The summed E-state index contributed by atoms with van der Waals surface area (Å²) >= 11 is 0. The standard InChI is InChI=1S/C14H21N5O/c1-3-12-17-13(19-20-12)14(6-4-5-7-14)15-8-11-9-16-18-10(11)2/h9,15H,3-8H2,1-2H3,(H,16,18). The van der Waals surface area contributed by atoms with Gasteiger partial charge in [-0.3, -0.25) is 5.10 Å². The molecule has 0 aromatic carbocycles. The maximum absolute atomic E-state index is 5.29. The van der Waals surface area contributed by atoms with Gasteiger partial charge in [-0.15, -0.1) is 0 Å². The monoisotopic (exact) mass is 275 g/mol. The maximum atomic E-state index is 5.29. The highest BCUT2D eigenvalue weighted by molar-refractivity contribution is 5.16. The van der Waals surface area contributed by atoms with Crippen LogP contribution in [0.2, 0.25) is 0 Å². The van der Waals surface area contributed by atoms with Crippen LogP contribution in [0.15, 0.2) is 10.7 Å². The van der Waals surface area contributed by atoms with E-state index in [0.29, 0.717) is 5.89 Å². The van der Waals surface area contributed by atoms with E-state index in [4.69, 9.17) is 4.52 Å². The summed E-state index contributed by atoms with van der Waals surface area (Å²) in [5.74, 6) is 1.53. The van der Waals surface area contributed by atoms with E-state index in [1.807, 2.05) is 20.0 Å². The Morgan fingerprint density at radius 1 is 1.40 bits per heavy atom. The van der Waals surface area contributed by atoms with Crippen molar-refractivity contribution in [2.75, 3.05) is 0 Å². The predicted octanol–water partition coefficient (Wildman–Crippen LogP) is 2.22. The van der Waals surface area contributed by atoms with Crippen molar-refractivity contribution in [1.29, 1.82) is 0 Å². The predicted molar refractivity (Wildman–Crippen MR) is 74.0 cm³/mol. The van der Waals surface area contributed by atoms with Crippen molar-refractivity contribution >= 4 is 0 Å². The number of aryl methyl sites for hydroxylation is 2. The normalized spacial score (nSPS) is 17.7. The molecule has 20 heavy (non-hydrogen) atoms. The molecule has 0 amide bonds. The van der Waals surface area contributed by atoms with E-state index >= 15 is 0 Å². The Balaban J connectivity index is 1.79. The zero-order valence-electron chi connectivity index (χ0n) is 12.1. The summed E-state index contributed by atoms with van der Waals surface area (Å²) in [6.07, 6.45) is 7.18. The van der Waals surface area contributed by atoms with Gasteiger partial charge >= 0.3 is 0 Å². The van der Waals surface area contributed by atoms with E-state index in [9.17, 15) is 0 Å². The smallest absolute Gasteiger partial charge is 0.226 e. The molecule has 6 nitrogen and oxygen atoms in total. The Bertz CT molecular complexity index is 568. The van der Waals surface area contributed by atoms with Crippen LogP contribution in [-0.2, 0) is 18.5 Å². The maximum Gasteiger partial charge on any atom is 0.226 e. The van der Waals surface area contributed by atoms with Gasteiger partial charge in [0, 0.05) is 24.2 Å². The van der Waals surface area contributed by atoms with Crippen molar-refractivity contribution in [2.24, 2.45) is 0 Å². The summed E-state index contributed by atoms with van der Waals surface area (Å²) in [5, 5.41) is 14.9. The van der Waals surface area contributed by atoms with Crippen LogP contribution in [0, 0.1) is 6.92 Å². The van der Waals surface area contributed by atoms with Crippen LogP contribution in [0.3, 0.4) is 0 Å². The second kappa shape index (κ2) is 5.36. The van der Waals surface area contributed by atoms with Gasteiger partial charge in [-0.1, -0.05) is 24.9 Å². The minimum atomic E-state index is -0.138. The summed E-state index contributed by atoms with van der Waals surface area (Å²) in [4.78, 5) is 4.54. The van der Waals surface area contributed by atoms with Gasteiger partial charge < -0.3 is 9.84 Å². The number of hydrogen-bond acceptors (Lipinski definition) is 5. The van der Waals surface area contributed by atoms with Crippen LogP contribution in [0.25, 0.3) is 0 Å². The quantitative estimate of drug-likeness (QED) is 0.874. The fourth-order valence-corrected chi connectivity index (χ4v) is 2.87. The highest BCUT2D eigenvalue weighted by Gasteiger charge is 2.39. The van der Waals surface area contributed by atoms with E-state index in [1.54, 1.807) is 0 Å². The molecule has 2 aromatic heterocycles. The molecule has 0 aliphatic heterocycles. The summed E-state index contributed by atoms with van der Waals surface area (Å²) in [6.45, 7) is 4.84. The molecule has 0 bridgehead atoms. The van der Waals surface area contributed by atoms with E-state index < -0.39 is 0 Å². The van der Waals surface area contributed by atoms with E-state index in [2.05, 4.69) is 25.7 Å². The highest BCUT2D eigenvalue weighted by atomic mass is 16.5. The number of H-pyrrole nitrogens is 1. The minimum Gasteiger partial charge on any atom is -0.339 e. The number of aromatic nitrogens is 4. The minimum absolute atomic E-state index is 0.138. The third-order valence-electron chi connectivity index (χ3n) is 4.21. The summed E-state index contributed by atoms with van der Waals surface area (Å²) in [7, 11) is 0. The molecule has 1 aliphatic carbocycles. The zero-order valence-corrected chi connectivity index (χ0v) is 12.1. The first-order valence-electron chi connectivity index (χ1n) is 7.30. The lowest BCUT2D eigenvalue weighted by Gasteiger charge is -2.26. The largest absolute Gasteiger partial charge is 0.339 e. The van der Waals surface area contributed by atoms with Crippen molar-refractivity contribution in [3.05, 3.63) is 29.2 Å². The van der Waals surface area contributed by atoms with Crippen LogP contribution in [-0.4, -0.2) is 20.3 Å². The van der Waals surface area contributed by atoms with Crippen LogP contribution in [0.5, 0.6) is 0 Å². The van der Waals surface area contributed by atoms with Crippen molar-refractivity contribution in [1.82, 2.24) is 25.7 Å². The molecular weight excluding hydrogens is 254 g/mol. The van der Waals surface area contributed by atoms with Gasteiger partial charge in [-0.05, 0) is 19.8 Å². The van der Waals surface area contributed by atoms with Crippen LogP contribution in [0.1, 0.15) is 55.6 Å². The van der Waals surface area contributed by atoms with Crippen LogP contribution in [0.4, 0.5) is 0 Å². The first-order valence-corrected chi connectivity index (χ1v) is 7.30. The molecule has 0 atom stereocenters. The Kier molecular flexibility index (Phi) is 3.56. The molecule has 0 unspecified atom stereocenters. The lowest BCUT2D eigenvalue weighted by Crippen LogP contribution is -2.40.